The van der Waals surface area contributed by atoms with Crippen molar-refractivity contribution in [2.45, 2.75) is 0 Å². The Morgan fingerprint density at radius 1 is 1.22 bits per heavy atom. The highest BCUT2D eigenvalue weighted by Gasteiger charge is 2.32. The third kappa shape index (κ3) is 5.66. The minimum Gasteiger partial charge on any atom is -0.861 e. The van der Waals surface area contributed by atoms with Gasteiger partial charge >= 0.3 is 5.88 Å². The van der Waals surface area contributed by atoms with E-state index in [4.69, 9.17) is 20.9 Å². The molecule has 0 spiro atoms. The van der Waals surface area contributed by atoms with Crippen LogP contribution in [-0.4, -0.2) is 54.3 Å². The number of hydrogen-bond acceptors (Lipinski definition) is 9. The minimum atomic E-state index is -0.578. The molecule has 3 heterocycles. The molecule has 3 aromatic rings. The molecule has 0 aliphatic carbocycles. The minimum absolute atomic E-state index is 0.00970. The number of hydrogen-bond donors (Lipinski definition) is 0. The highest BCUT2D eigenvalue weighted by atomic mass is 35.5. The van der Waals surface area contributed by atoms with E-state index in [0.717, 1.165) is 11.8 Å². The number of ether oxygens (including phenoxy) is 1. The lowest BCUT2D eigenvalue weighted by atomic mass is 10.1. The van der Waals surface area contributed by atoms with Crippen molar-refractivity contribution in [1.82, 2.24) is 5.27 Å². The van der Waals surface area contributed by atoms with E-state index in [9.17, 15) is 14.3 Å². The molecule has 0 bridgehead atoms. The number of carbonyl (C=O) groups excluding carboxylic acids is 1. The van der Waals surface area contributed by atoms with Crippen molar-refractivity contribution in [2.24, 2.45) is 9.98 Å². The zero-order valence-corrected chi connectivity index (χ0v) is 20.9. The predicted molar refractivity (Wildman–Crippen MR) is 136 cm³/mol. The lowest BCUT2D eigenvalue weighted by molar-refractivity contribution is -0.759. The molecule has 2 aliphatic heterocycles. The molecule has 2 aromatic carbocycles. The summed E-state index contributed by atoms with van der Waals surface area (Å²) in [5.74, 6) is -1.63. The van der Waals surface area contributed by atoms with Crippen LogP contribution >= 0.6 is 23.4 Å². The second-order valence-electron chi connectivity index (χ2n) is 7.86. The average molecular weight is 543 g/mol. The zero-order chi connectivity index (χ0) is 25.8. The molecule has 1 aromatic heterocycles. The fourth-order valence-corrected chi connectivity index (χ4v) is 4.65. The number of benzene rings is 2. The summed E-state index contributed by atoms with van der Waals surface area (Å²) < 4.78 is 24.8. The topological polar surface area (TPSA) is 110 Å². The van der Waals surface area contributed by atoms with E-state index in [1.165, 1.54) is 40.2 Å². The van der Waals surface area contributed by atoms with Crippen molar-refractivity contribution in [1.29, 1.82) is 0 Å². The van der Waals surface area contributed by atoms with Crippen LogP contribution in [0.15, 0.2) is 74.9 Å². The number of nitrogens with zero attached hydrogens (tertiary/aromatic N) is 6. The van der Waals surface area contributed by atoms with E-state index < -0.39 is 17.6 Å². The Bertz CT molecular complexity index is 1370. The van der Waals surface area contributed by atoms with Crippen molar-refractivity contribution in [3.63, 3.8) is 0 Å². The van der Waals surface area contributed by atoms with E-state index in [-0.39, 0.29) is 33.1 Å². The fraction of sp³-hybridized carbons (Fsp3) is 0.208. The Kier molecular flexibility index (Phi) is 7.49. The lowest BCUT2D eigenvalue weighted by Gasteiger charge is -2.18. The van der Waals surface area contributed by atoms with Gasteiger partial charge in [0.25, 0.3) is 12.1 Å². The first kappa shape index (κ1) is 24.9. The molecule has 1 fully saturated rings. The van der Waals surface area contributed by atoms with Crippen molar-refractivity contribution in [3.05, 3.63) is 76.8 Å². The monoisotopic (exact) mass is 542 g/mol. The predicted octanol–water partition coefficient (Wildman–Crippen LogP) is 2.29. The maximum absolute atomic E-state index is 14.3. The van der Waals surface area contributed by atoms with Gasteiger partial charge in [-0.25, -0.2) is 14.4 Å². The third-order valence-electron chi connectivity index (χ3n) is 5.41. The molecule has 0 unspecified atom stereocenters. The van der Waals surface area contributed by atoms with Gasteiger partial charge in [-0.2, -0.15) is 0 Å². The van der Waals surface area contributed by atoms with Gasteiger partial charge in [0.1, 0.15) is 11.5 Å². The Hall–Kier alpha value is -3.74. The van der Waals surface area contributed by atoms with E-state index in [1.54, 1.807) is 24.3 Å². The first-order valence-corrected chi connectivity index (χ1v) is 12.6. The molecule has 0 radical (unpaired) electrons. The molecule has 10 nitrogen and oxygen atoms in total. The summed E-state index contributed by atoms with van der Waals surface area (Å²) in [6, 6.07) is 13.1. The summed E-state index contributed by atoms with van der Waals surface area (Å²) in [6.07, 6.45) is 2.81. The summed E-state index contributed by atoms with van der Waals surface area (Å²) in [6.45, 7) is 2.41. The fourth-order valence-electron chi connectivity index (χ4n) is 3.64. The molecule has 5 rings (SSSR count). The molecule has 13 heteroatoms. The van der Waals surface area contributed by atoms with Gasteiger partial charge in [0.2, 0.25) is 5.27 Å². The van der Waals surface area contributed by atoms with Crippen molar-refractivity contribution >= 4 is 58.0 Å². The summed E-state index contributed by atoms with van der Waals surface area (Å²) in [4.78, 5) is 24.4. The SMILES string of the molecule is O=C1/C(=C/c2c(F)cccc2Cl)N=C(SC/C([O-])=N/c2c[n+](N3CCOCC3)no2)N1c1ccccc1. The number of morpholine rings is 1. The van der Waals surface area contributed by atoms with E-state index in [0.29, 0.717) is 32.0 Å². The number of amides is 1. The van der Waals surface area contributed by atoms with Gasteiger partial charge in [-0.3, -0.25) is 14.2 Å². The van der Waals surface area contributed by atoms with Crippen molar-refractivity contribution in [3.8, 4) is 0 Å². The van der Waals surface area contributed by atoms with Crippen LogP contribution in [-0.2, 0) is 9.53 Å². The summed E-state index contributed by atoms with van der Waals surface area (Å²) in [5.41, 5.74) is 0.595. The van der Waals surface area contributed by atoms with E-state index in [2.05, 4.69) is 15.3 Å². The lowest BCUT2D eigenvalue weighted by Crippen LogP contribution is -2.62. The Morgan fingerprint density at radius 2 is 2.00 bits per heavy atom. The summed E-state index contributed by atoms with van der Waals surface area (Å²) in [5, 5.41) is 18.8. The molecule has 0 atom stereocenters. The number of aromatic nitrogens is 2. The highest BCUT2D eigenvalue weighted by molar-refractivity contribution is 8.14. The van der Waals surface area contributed by atoms with Gasteiger partial charge in [0.05, 0.1) is 41.8 Å². The highest BCUT2D eigenvalue weighted by Crippen LogP contribution is 2.31. The Balaban J connectivity index is 1.36. The number of anilines is 1. The smallest absolute Gasteiger partial charge is 0.324 e. The van der Waals surface area contributed by atoms with Gasteiger partial charge in [-0.1, -0.05) is 47.6 Å². The van der Waals surface area contributed by atoms with E-state index >= 15 is 0 Å². The van der Waals surface area contributed by atoms with Gasteiger partial charge in [0, 0.05) is 11.3 Å². The molecule has 1 saturated heterocycles. The van der Waals surface area contributed by atoms with Crippen LogP contribution in [0.3, 0.4) is 0 Å². The number of thioether (sulfide) groups is 1. The largest absolute Gasteiger partial charge is 0.861 e. The van der Waals surface area contributed by atoms with Gasteiger partial charge in [-0.05, 0) is 36.2 Å². The van der Waals surface area contributed by atoms with Crippen LogP contribution in [0, 0.1) is 5.82 Å². The Labute approximate surface area is 220 Å². The Morgan fingerprint density at radius 3 is 2.76 bits per heavy atom. The van der Waals surface area contributed by atoms with Crippen LogP contribution in [0.2, 0.25) is 5.02 Å². The number of para-hydroxylation sites is 1. The normalized spacial score (nSPS) is 17.6. The number of amidine groups is 1. The number of carbonyl (C=O) groups is 1. The standard InChI is InChI=1S/C24H20ClFN6O4S/c25-18-7-4-8-19(26)17(18)13-20-23(34)32(16-5-2-1-3-6-16)24(27-20)37-15-21(33)28-22-14-31(29-36-22)30-9-11-35-12-10-30/h1-8,13-14H,9-12,15H2/b20-13-. The molecular weight excluding hydrogens is 523 g/mol. The second kappa shape index (κ2) is 11.1. The number of rotatable bonds is 6. The maximum Gasteiger partial charge on any atom is 0.324 e. The summed E-state index contributed by atoms with van der Waals surface area (Å²) in [7, 11) is 0. The van der Waals surface area contributed by atoms with Crippen LogP contribution in [0.25, 0.3) is 6.08 Å². The summed E-state index contributed by atoms with van der Waals surface area (Å²) >= 11 is 7.16. The molecule has 2 aliphatic rings. The number of aliphatic imine (C=N–C) groups is 2. The van der Waals surface area contributed by atoms with E-state index in [1.807, 2.05) is 11.1 Å². The second-order valence-corrected chi connectivity index (χ2v) is 9.21. The average Bonchev–Trinajstić information content (AvgIpc) is 3.50. The first-order chi connectivity index (χ1) is 18.0. The maximum atomic E-state index is 14.3. The molecule has 0 N–H and O–H groups in total. The van der Waals surface area contributed by atoms with Crippen LogP contribution in [0.5, 0.6) is 0 Å². The van der Waals surface area contributed by atoms with Gasteiger partial charge in [0.15, 0.2) is 5.17 Å². The zero-order valence-electron chi connectivity index (χ0n) is 19.3. The molecule has 1 amide bonds. The van der Waals surface area contributed by atoms with Gasteiger partial charge in [-0.15, -0.1) is 5.01 Å². The van der Waals surface area contributed by atoms with Crippen molar-refractivity contribution < 1.29 is 28.3 Å². The molecule has 37 heavy (non-hydrogen) atoms. The number of halogens is 2. The quantitative estimate of drug-likeness (QED) is 0.203. The van der Waals surface area contributed by atoms with Crippen LogP contribution < -0.4 is 19.8 Å². The molecular formula is C24H20ClFN6O4S. The molecule has 0 saturated carbocycles. The van der Waals surface area contributed by atoms with Crippen LogP contribution in [0.1, 0.15) is 5.56 Å². The third-order valence-corrected chi connectivity index (χ3v) is 6.66. The molecule has 190 valence electrons. The first-order valence-electron chi connectivity index (χ1n) is 11.2. The van der Waals surface area contributed by atoms with Crippen molar-refractivity contribution in [2.75, 3.05) is 42.0 Å². The van der Waals surface area contributed by atoms with Gasteiger partial charge < -0.3 is 9.84 Å². The van der Waals surface area contributed by atoms with Crippen LogP contribution in [0.4, 0.5) is 16.0 Å².